The molecule has 31 heavy (non-hydrogen) atoms. The van der Waals surface area contributed by atoms with Gasteiger partial charge in [-0.15, -0.1) is 11.8 Å². The van der Waals surface area contributed by atoms with Gasteiger partial charge in [0.2, 0.25) is 0 Å². The summed E-state index contributed by atoms with van der Waals surface area (Å²) in [5.41, 5.74) is 6.53. The highest BCUT2D eigenvalue weighted by Gasteiger charge is 2.15. The number of thioether (sulfide) groups is 1. The fraction of sp³-hybridized carbons (Fsp3) is 0.0800. The van der Waals surface area contributed by atoms with E-state index in [4.69, 9.17) is 5.10 Å². The Bertz CT molecular complexity index is 1380. The van der Waals surface area contributed by atoms with E-state index in [0.29, 0.717) is 0 Å². The Balaban J connectivity index is 1.66. The number of nitrogens with zero attached hydrogens (tertiary/aromatic N) is 4. The Hall–Kier alpha value is -3.51. The van der Waals surface area contributed by atoms with Crippen LogP contribution in [-0.4, -0.2) is 26.0 Å². The van der Waals surface area contributed by atoms with Crippen molar-refractivity contribution >= 4 is 22.7 Å². The van der Waals surface area contributed by atoms with Crippen LogP contribution in [0.15, 0.2) is 84.1 Å². The first-order chi connectivity index (χ1) is 15.1. The minimum absolute atomic E-state index is 0.268. The van der Waals surface area contributed by atoms with Crippen molar-refractivity contribution in [2.24, 2.45) is 7.05 Å². The SMILES string of the molecule is CSc1ccc(-c2nn(C)cc2-c2ccc3ncnc(-c4ccc(F)cc4)c3c2)cc1. The average molecular weight is 427 g/mol. The second kappa shape index (κ2) is 7.96. The molecule has 152 valence electrons. The monoisotopic (exact) mass is 426 g/mol. The van der Waals surface area contributed by atoms with Crippen molar-refractivity contribution in [3.8, 4) is 33.6 Å². The molecule has 0 atom stereocenters. The molecule has 0 aliphatic rings. The van der Waals surface area contributed by atoms with Gasteiger partial charge in [-0.05, 0) is 60.4 Å². The summed E-state index contributed by atoms with van der Waals surface area (Å²) in [6, 6.07) is 20.9. The number of aromatic nitrogens is 4. The molecule has 5 rings (SSSR count). The minimum Gasteiger partial charge on any atom is -0.275 e. The van der Waals surface area contributed by atoms with Gasteiger partial charge in [0.25, 0.3) is 0 Å². The van der Waals surface area contributed by atoms with Gasteiger partial charge in [-0.25, -0.2) is 14.4 Å². The van der Waals surface area contributed by atoms with Crippen LogP contribution in [0.5, 0.6) is 0 Å². The third kappa shape index (κ3) is 3.70. The molecule has 0 saturated heterocycles. The summed E-state index contributed by atoms with van der Waals surface area (Å²) in [5.74, 6) is -0.268. The molecule has 3 aromatic carbocycles. The van der Waals surface area contributed by atoms with Gasteiger partial charge in [0, 0.05) is 40.2 Å². The van der Waals surface area contributed by atoms with Crippen molar-refractivity contribution < 1.29 is 4.39 Å². The second-order valence-electron chi connectivity index (χ2n) is 7.25. The van der Waals surface area contributed by atoms with Gasteiger partial charge < -0.3 is 0 Å². The van der Waals surface area contributed by atoms with Gasteiger partial charge in [0.05, 0.1) is 11.2 Å². The maximum atomic E-state index is 13.4. The topological polar surface area (TPSA) is 43.6 Å². The lowest BCUT2D eigenvalue weighted by Crippen LogP contribution is -1.90. The molecule has 0 aliphatic carbocycles. The van der Waals surface area contributed by atoms with Gasteiger partial charge >= 0.3 is 0 Å². The molecule has 0 radical (unpaired) electrons. The Labute approximate surface area is 183 Å². The van der Waals surface area contributed by atoms with Crippen molar-refractivity contribution in [3.05, 3.63) is 85.1 Å². The molecule has 0 spiro atoms. The summed E-state index contributed by atoms with van der Waals surface area (Å²) >= 11 is 1.72. The van der Waals surface area contributed by atoms with Crippen LogP contribution in [0.4, 0.5) is 4.39 Å². The molecule has 4 nitrogen and oxygen atoms in total. The van der Waals surface area contributed by atoms with E-state index in [1.54, 1.807) is 30.2 Å². The highest BCUT2D eigenvalue weighted by molar-refractivity contribution is 7.98. The number of hydrogen-bond acceptors (Lipinski definition) is 4. The van der Waals surface area contributed by atoms with Crippen molar-refractivity contribution in [3.63, 3.8) is 0 Å². The van der Waals surface area contributed by atoms with Gasteiger partial charge in [-0.1, -0.05) is 18.2 Å². The molecule has 2 aromatic heterocycles. The van der Waals surface area contributed by atoms with E-state index in [9.17, 15) is 4.39 Å². The molecular weight excluding hydrogens is 407 g/mol. The maximum Gasteiger partial charge on any atom is 0.123 e. The molecule has 0 fully saturated rings. The second-order valence-corrected chi connectivity index (χ2v) is 8.13. The Morgan fingerprint density at radius 1 is 0.806 bits per heavy atom. The Kier molecular flexibility index (Phi) is 5.00. The lowest BCUT2D eigenvalue weighted by atomic mass is 9.98. The fourth-order valence-electron chi connectivity index (χ4n) is 3.72. The lowest BCUT2D eigenvalue weighted by molar-refractivity contribution is 0.628. The van der Waals surface area contributed by atoms with Crippen LogP contribution >= 0.6 is 11.8 Å². The summed E-state index contributed by atoms with van der Waals surface area (Å²) in [6.45, 7) is 0. The molecule has 5 aromatic rings. The molecule has 2 heterocycles. The van der Waals surface area contributed by atoms with Crippen LogP contribution < -0.4 is 0 Å². The zero-order valence-corrected chi connectivity index (χ0v) is 17.9. The number of hydrogen-bond donors (Lipinski definition) is 0. The maximum absolute atomic E-state index is 13.4. The zero-order chi connectivity index (χ0) is 21.4. The van der Waals surface area contributed by atoms with Crippen LogP contribution in [0.2, 0.25) is 0 Å². The smallest absolute Gasteiger partial charge is 0.123 e. The van der Waals surface area contributed by atoms with E-state index in [1.165, 1.54) is 17.0 Å². The lowest BCUT2D eigenvalue weighted by Gasteiger charge is -2.08. The molecule has 0 N–H and O–H groups in total. The van der Waals surface area contributed by atoms with E-state index < -0.39 is 0 Å². The quantitative estimate of drug-likeness (QED) is 0.320. The first-order valence-corrected chi connectivity index (χ1v) is 11.0. The number of benzene rings is 3. The van der Waals surface area contributed by atoms with Crippen molar-refractivity contribution in [2.75, 3.05) is 6.26 Å². The van der Waals surface area contributed by atoms with E-state index >= 15 is 0 Å². The molecule has 0 amide bonds. The van der Waals surface area contributed by atoms with Crippen molar-refractivity contribution in [2.45, 2.75) is 4.90 Å². The normalized spacial score (nSPS) is 11.2. The predicted molar refractivity (Wildman–Crippen MR) is 124 cm³/mol. The summed E-state index contributed by atoms with van der Waals surface area (Å²) in [6.07, 6.45) is 5.64. The summed E-state index contributed by atoms with van der Waals surface area (Å²) in [5, 5.41) is 5.64. The molecule has 0 unspecified atom stereocenters. The summed E-state index contributed by atoms with van der Waals surface area (Å²) < 4.78 is 15.2. The molecule has 0 bridgehead atoms. The Morgan fingerprint density at radius 3 is 2.23 bits per heavy atom. The van der Waals surface area contributed by atoms with Crippen LogP contribution in [0.3, 0.4) is 0 Å². The zero-order valence-electron chi connectivity index (χ0n) is 17.1. The largest absolute Gasteiger partial charge is 0.275 e. The van der Waals surface area contributed by atoms with Crippen LogP contribution in [-0.2, 0) is 7.05 Å². The van der Waals surface area contributed by atoms with Gasteiger partial charge in [-0.3, -0.25) is 4.68 Å². The minimum atomic E-state index is -0.268. The standard InChI is InChI=1S/C25H19FN4S/c1-30-14-22(25(29-30)17-5-10-20(31-2)11-6-17)18-7-12-23-21(13-18)24(28-15-27-23)16-3-8-19(26)9-4-16/h3-15H,1-2H3. The number of rotatable bonds is 4. The van der Waals surface area contributed by atoms with E-state index in [-0.39, 0.29) is 5.82 Å². The van der Waals surface area contributed by atoms with Crippen LogP contribution in [0.25, 0.3) is 44.5 Å². The summed E-state index contributed by atoms with van der Waals surface area (Å²) in [4.78, 5) is 10.1. The highest BCUT2D eigenvalue weighted by atomic mass is 32.2. The van der Waals surface area contributed by atoms with E-state index in [2.05, 4.69) is 52.6 Å². The van der Waals surface area contributed by atoms with Crippen LogP contribution in [0, 0.1) is 5.82 Å². The average Bonchev–Trinajstić information content (AvgIpc) is 3.20. The molecule has 6 heteroatoms. The molecule has 0 saturated carbocycles. The summed E-state index contributed by atoms with van der Waals surface area (Å²) in [7, 11) is 1.93. The third-order valence-corrected chi connectivity index (χ3v) is 6.00. The van der Waals surface area contributed by atoms with Crippen LogP contribution in [0.1, 0.15) is 0 Å². The molecule has 0 aliphatic heterocycles. The molecular formula is C25H19FN4S. The first-order valence-electron chi connectivity index (χ1n) is 9.81. The van der Waals surface area contributed by atoms with Gasteiger partial charge in [0.15, 0.2) is 0 Å². The number of aryl methyl sites for hydroxylation is 1. The van der Waals surface area contributed by atoms with Crippen molar-refractivity contribution in [1.82, 2.24) is 19.7 Å². The number of fused-ring (bicyclic) bond motifs is 1. The van der Waals surface area contributed by atoms with E-state index in [1.807, 2.05) is 24.0 Å². The first kappa shape index (κ1) is 19.5. The predicted octanol–water partition coefficient (Wildman–Crippen LogP) is 6.23. The number of halogens is 1. The van der Waals surface area contributed by atoms with E-state index in [0.717, 1.165) is 44.5 Å². The fourth-order valence-corrected chi connectivity index (χ4v) is 4.13. The van der Waals surface area contributed by atoms with Crippen molar-refractivity contribution in [1.29, 1.82) is 0 Å². The van der Waals surface area contributed by atoms with Gasteiger partial charge in [-0.2, -0.15) is 5.10 Å². The Morgan fingerprint density at radius 2 is 1.48 bits per heavy atom. The third-order valence-electron chi connectivity index (χ3n) is 5.26. The van der Waals surface area contributed by atoms with Gasteiger partial charge in [0.1, 0.15) is 17.8 Å². The highest BCUT2D eigenvalue weighted by Crippen LogP contribution is 2.35.